The fourth-order valence-corrected chi connectivity index (χ4v) is 1.99. The maximum Gasteiger partial charge on any atom is 0.409 e. The number of hydrogen-bond donors (Lipinski definition) is 4. The van der Waals surface area contributed by atoms with Crippen LogP contribution in [0.5, 0.6) is 0 Å². The van der Waals surface area contributed by atoms with E-state index < -0.39 is 12.1 Å². The maximum absolute atomic E-state index is 12.0. The molecule has 7 heteroatoms. The Balaban J connectivity index is 1.82. The first-order chi connectivity index (χ1) is 11.0. The Labute approximate surface area is 133 Å². The van der Waals surface area contributed by atoms with Crippen molar-refractivity contribution in [3.63, 3.8) is 0 Å². The average molecular weight is 314 g/mol. The van der Waals surface area contributed by atoms with Gasteiger partial charge in [0.1, 0.15) is 0 Å². The first-order valence-corrected chi connectivity index (χ1v) is 7.06. The van der Waals surface area contributed by atoms with Crippen LogP contribution < -0.4 is 16.4 Å². The van der Waals surface area contributed by atoms with Gasteiger partial charge in [0.2, 0.25) is 5.91 Å². The summed E-state index contributed by atoms with van der Waals surface area (Å²) in [4.78, 5) is 26.6. The number of rotatable bonds is 6. The Bertz CT molecular complexity index is 659. The van der Waals surface area contributed by atoms with Crippen molar-refractivity contribution in [2.24, 2.45) is 5.73 Å². The van der Waals surface area contributed by atoms with E-state index in [1.54, 1.807) is 36.5 Å². The van der Waals surface area contributed by atoms with Gasteiger partial charge in [0.25, 0.3) is 0 Å². The van der Waals surface area contributed by atoms with Crippen LogP contribution in [0.25, 0.3) is 0 Å². The Kier molecular flexibility index (Phi) is 5.65. The molecule has 0 unspecified atom stereocenters. The molecule has 0 bridgehead atoms. The first-order valence-electron chi connectivity index (χ1n) is 7.06. The molecule has 0 saturated carbocycles. The number of nitrogens with zero attached hydrogens (tertiary/aromatic N) is 1. The standard InChI is InChI=1S/C16H18N4O3/c17-14(9-13-3-1-2-8-18-13)15(21)19-10-11-4-6-12(7-5-11)20-16(22)23/h1-8,14,20H,9-10,17H2,(H,19,21)(H,22,23)/t14-/m0/s1. The normalized spacial score (nSPS) is 11.5. The highest BCUT2D eigenvalue weighted by atomic mass is 16.4. The van der Waals surface area contributed by atoms with E-state index in [2.05, 4.69) is 15.6 Å². The number of carbonyl (C=O) groups excluding carboxylic acids is 1. The lowest BCUT2D eigenvalue weighted by Gasteiger charge is -2.12. The Morgan fingerprint density at radius 3 is 2.52 bits per heavy atom. The van der Waals surface area contributed by atoms with Crippen molar-refractivity contribution < 1.29 is 14.7 Å². The minimum atomic E-state index is -1.12. The lowest BCUT2D eigenvalue weighted by Crippen LogP contribution is -2.41. The van der Waals surface area contributed by atoms with Gasteiger partial charge in [0.05, 0.1) is 6.04 Å². The maximum atomic E-state index is 12.0. The summed E-state index contributed by atoms with van der Waals surface area (Å²) in [6.07, 6.45) is 0.910. The van der Waals surface area contributed by atoms with E-state index in [4.69, 9.17) is 10.8 Å². The monoisotopic (exact) mass is 314 g/mol. The molecule has 1 aromatic heterocycles. The molecule has 23 heavy (non-hydrogen) atoms. The quantitative estimate of drug-likeness (QED) is 0.642. The van der Waals surface area contributed by atoms with Crippen molar-refractivity contribution >= 4 is 17.7 Å². The van der Waals surface area contributed by atoms with Gasteiger partial charge in [-0.15, -0.1) is 0 Å². The van der Waals surface area contributed by atoms with E-state index in [9.17, 15) is 9.59 Å². The molecule has 120 valence electrons. The fourth-order valence-electron chi connectivity index (χ4n) is 1.99. The topological polar surface area (TPSA) is 117 Å². The van der Waals surface area contributed by atoms with Gasteiger partial charge < -0.3 is 16.2 Å². The Hall–Kier alpha value is -2.93. The zero-order chi connectivity index (χ0) is 16.7. The number of aromatic nitrogens is 1. The average Bonchev–Trinajstić information content (AvgIpc) is 2.54. The lowest BCUT2D eigenvalue weighted by atomic mass is 10.1. The van der Waals surface area contributed by atoms with Crippen molar-refractivity contribution in [1.29, 1.82) is 0 Å². The van der Waals surface area contributed by atoms with Crippen LogP contribution in [-0.2, 0) is 17.8 Å². The lowest BCUT2D eigenvalue weighted by molar-refractivity contribution is -0.122. The summed E-state index contributed by atoms with van der Waals surface area (Å²) in [5.41, 5.74) is 7.95. The van der Waals surface area contributed by atoms with Crippen molar-refractivity contribution in [3.8, 4) is 0 Å². The molecule has 0 aliphatic heterocycles. The first kappa shape index (κ1) is 16.4. The molecule has 0 spiro atoms. The molecule has 2 aromatic rings. The van der Waals surface area contributed by atoms with Crippen molar-refractivity contribution in [2.75, 3.05) is 5.32 Å². The van der Waals surface area contributed by atoms with Gasteiger partial charge in [0, 0.05) is 30.5 Å². The van der Waals surface area contributed by atoms with Crippen LogP contribution in [-0.4, -0.2) is 28.1 Å². The van der Waals surface area contributed by atoms with E-state index in [-0.39, 0.29) is 5.91 Å². The van der Waals surface area contributed by atoms with E-state index in [1.165, 1.54) is 0 Å². The SMILES string of the molecule is N[C@@H](Cc1ccccn1)C(=O)NCc1ccc(NC(=O)O)cc1. The number of anilines is 1. The van der Waals surface area contributed by atoms with Gasteiger partial charge in [-0.1, -0.05) is 18.2 Å². The van der Waals surface area contributed by atoms with Crippen LogP contribution in [0.4, 0.5) is 10.5 Å². The number of nitrogens with one attached hydrogen (secondary N) is 2. The predicted octanol–water partition coefficient (Wildman–Crippen LogP) is 1.36. The van der Waals surface area contributed by atoms with Crippen molar-refractivity contribution in [3.05, 3.63) is 59.9 Å². The van der Waals surface area contributed by atoms with Gasteiger partial charge >= 0.3 is 6.09 Å². The molecule has 0 fully saturated rings. The van der Waals surface area contributed by atoms with Crippen LogP contribution in [0.15, 0.2) is 48.7 Å². The third-order valence-electron chi connectivity index (χ3n) is 3.16. The molecule has 0 radical (unpaired) electrons. The smallest absolute Gasteiger partial charge is 0.409 e. The highest BCUT2D eigenvalue weighted by molar-refractivity contribution is 5.83. The van der Waals surface area contributed by atoms with Gasteiger partial charge in [0.15, 0.2) is 0 Å². The van der Waals surface area contributed by atoms with Crippen molar-refractivity contribution in [1.82, 2.24) is 10.3 Å². The summed E-state index contributed by atoms with van der Waals surface area (Å²) < 4.78 is 0. The van der Waals surface area contributed by atoms with Gasteiger partial charge in [-0.3, -0.25) is 15.1 Å². The zero-order valence-corrected chi connectivity index (χ0v) is 12.4. The summed E-state index contributed by atoms with van der Waals surface area (Å²) in [5.74, 6) is -0.261. The third kappa shape index (κ3) is 5.40. The van der Waals surface area contributed by atoms with Gasteiger partial charge in [-0.05, 0) is 29.8 Å². The molecule has 0 aliphatic carbocycles. The molecule has 1 atom stereocenters. The molecule has 0 saturated heterocycles. The molecule has 7 nitrogen and oxygen atoms in total. The van der Waals surface area contributed by atoms with E-state index in [0.717, 1.165) is 11.3 Å². The summed E-state index contributed by atoms with van der Waals surface area (Å²) in [7, 11) is 0. The number of benzene rings is 1. The van der Waals surface area contributed by atoms with Crippen molar-refractivity contribution in [2.45, 2.75) is 19.0 Å². The fraction of sp³-hybridized carbons (Fsp3) is 0.188. The summed E-state index contributed by atoms with van der Waals surface area (Å²) in [6.45, 7) is 0.322. The number of pyridine rings is 1. The number of nitrogens with two attached hydrogens (primary N) is 1. The van der Waals surface area contributed by atoms with Crippen LogP contribution >= 0.6 is 0 Å². The second-order valence-corrected chi connectivity index (χ2v) is 4.98. The van der Waals surface area contributed by atoms with Gasteiger partial charge in [-0.2, -0.15) is 0 Å². The minimum absolute atomic E-state index is 0.261. The molecule has 5 N–H and O–H groups in total. The van der Waals surface area contributed by atoms with Gasteiger partial charge in [-0.25, -0.2) is 4.79 Å². The van der Waals surface area contributed by atoms with Crippen LogP contribution in [0, 0.1) is 0 Å². The summed E-state index contributed by atoms with van der Waals surface area (Å²) in [5, 5.41) is 13.6. The third-order valence-corrected chi connectivity index (χ3v) is 3.16. The second kappa shape index (κ2) is 7.90. The van der Waals surface area contributed by atoms with E-state index in [0.29, 0.717) is 18.7 Å². The van der Waals surface area contributed by atoms with Crippen LogP contribution in [0.3, 0.4) is 0 Å². The molecule has 2 rings (SSSR count). The Morgan fingerprint density at radius 2 is 1.91 bits per heavy atom. The number of amides is 2. The number of carbonyl (C=O) groups is 2. The molecule has 1 aromatic carbocycles. The molecule has 1 heterocycles. The Morgan fingerprint density at radius 1 is 1.17 bits per heavy atom. The van der Waals surface area contributed by atoms with Crippen LogP contribution in [0.2, 0.25) is 0 Å². The molecule has 0 aliphatic rings. The summed E-state index contributed by atoms with van der Waals surface area (Å²) >= 11 is 0. The highest BCUT2D eigenvalue weighted by Crippen LogP contribution is 2.09. The molecular weight excluding hydrogens is 296 g/mol. The van der Waals surface area contributed by atoms with E-state index >= 15 is 0 Å². The van der Waals surface area contributed by atoms with E-state index in [1.807, 2.05) is 12.1 Å². The second-order valence-electron chi connectivity index (χ2n) is 4.98. The minimum Gasteiger partial charge on any atom is -0.465 e. The largest absolute Gasteiger partial charge is 0.465 e. The summed E-state index contributed by atoms with van der Waals surface area (Å²) in [6, 6.07) is 11.5. The van der Waals surface area contributed by atoms with Crippen LogP contribution in [0.1, 0.15) is 11.3 Å². The number of carboxylic acid groups (broad SMARTS) is 1. The number of hydrogen-bond acceptors (Lipinski definition) is 4. The highest BCUT2D eigenvalue weighted by Gasteiger charge is 2.14. The zero-order valence-electron chi connectivity index (χ0n) is 12.4. The predicted molar refractivity (Wildman–Crippen MR) is 85.9 cm³/mol. The molecule has 2 amide bonds. The molecular formula is C16H18N4O3.